The number of nitrogens with zero attached hydrogens (tertiary/aromatic N) is 2. The Hall–Kier alpha value is -0.180. The van der Waals surface area contributed by atoms with Gasteiger partial charge in [0.1, 0.15) is 10.0 Å². The second kappa shape index (κ2) is 6.93. The predicted octanol–water partition coefficient (Wildman–Crippen LogP) is 4.42. The third-order valence-electron chi connectivity index (χ3n) is 2.72. The minimum Gasteiger partial charge on any atom is -0.242 e. The SMILES string of the molecule is CCN(Cc1ccc(Br)s1)S(=O)(=O)c1cnc(Cl)c(Cl)c1. The lowest BCUT2D eigenvalue weighted by Gasteiger charge is -2.19. The molecule has 21 heavy (non-hydrogen) atoms. The van der Waals surface area contributed by atoms with Crippen molar-refractivity contribution in [3.8, 4) is 0 Å². The summed E-state index contributed by atoms with van der Waals surface area (Å²) in [7, 11) is -3.66. The van der Waals surface area contributed by atoms with E-state index in [9.17, 15) is 8.42 Å². The topological polar surface area (TPSA) is 50.3 Å². The van der Waals surface area contributed by atoms with Crippen LogP contribution < -0.4 is 0 Å². The van der Waals surface area contributed by atoms with Gasteiger partial charge >= 0.3 is 0 Å². The molecule has 4 nitrogen and oxygen atoms in total. The number of hydrogen-bond donors (Lipinski definition) is 0. The van der Waals surface area contributed by atoms with Gasteiger partial charge in [0.2, 0.25) is 10.0 Å². The van der Waals surface area contributed by atoms with Gasteiger partial charge in [0.25, 0.3) is 0 Å². The minimum atomic E-state index is -3.66. The Morgan fingerprint density at radius 3 is 2.62 bits per heavy atom. The van der Waals surface area contributed by atoms with Crippen molar-refractivity contribution in [3.63, 3.8) is 0 Å². The molecule has 0 radical (unpaired) electrons. The third-order valence-corrected chi connectivity index (χ3v) is 6.90. The fourth-order valence-electron chi connectivity index (χ4n) is 1.67. The van der Waals surface area contributed by atoms with Crippen LogP contribution in [0.2, 0.25) is 10.2 Å². The molecule has 0 N–H and O–H groups in total. The molecule has 0 atom stereocenters. The van der Waals surface area contributed by atoms with Crippen LogP contribution in [0.15, 0.2) is 33.1 Å². The number of halogens is 3. The number of thiophene rings is 1. The summed E-state index contributed by atoms with van der Waals surface area (Å²) in [6.45, 7) is 2.43. The summed E-state index contributed by atoms with van der Waals surface area (Å²) in [6, 6.07) is 5.10. The van der Waals surface area contributed by atoms with Gasteiger partial charge in [-0.2, -0.15) is 4.31 Å². The molecule has 0 amide bonds. The average molecular weight is 430 g/mol. The maximum absolute atomic E-state index is 12.6. The van der Waals surface area contributed by atoms with Crippen molar-refractivity contribution in [3.05, 3.63) is 43.2 Å². The van der Waals surface area contributed by atoms with Crippen LogP contribution in [0.25, 0.3) is 0 Å². The molecular formula is C12H11BrCl2N2O2S2. The van der Waals surface area contributed by atoms with Gasteiger partial charge in [-0.1, -0.05) is 30.1 Å². The first kappa shape index (κ1) is 17.2. The Balaban J connectivity index is 2.32. The van der Waals surface area contributed by atoms with E-state index < -0.39 is 10.0 Å². The fourth-order valence-corrected chi connectivity index (χ4v) is 4.99. The standard InChI is InChI=1S/C12H11BrCl2N2O2S2/c1-2-17(7-8-3-4-11(13)20-8)21(18,19)9-5-10(14)12(15)16-6-9/h3-6H,2,7H2,1H3. The van der Waals surface area contributed by atoms with E-state index in [2.05, 4.69) is 20.9 Å². The summed E-state index contributed by atoms with van der Waals surface area (Å²) in [5.41, 5.74) is 0. The average Bonchev–Trinajstić information content (AvgIpc) is 2.84. The van der Waals surface area contributed by atoms with Crippen LogP contribution in [0.5, 0.6) is 0 Å². The molecule has 0 aliphatic rings. The monoisotopic (exact) mass is 428 g/mol. The van der Waals surface area contributed by atoms with Crippen molar-refractivity contribution in [1.29, 1.82) is 0 Å². The van der Waals surface area contributed by atoms with Crippen molar-refractivity contribution < 1.29 is 8.42 Å². The molecular weight excluding hydrogens is 419 g/mol. The molecule has 0 spiro atoms. The highest BCUT2D eigenvalue weighted by molar-refractivity contribution is 9.11. The predicted molar refractivity (Wildman–Crippen MR) is 89.5 cm³/mol. The lowest BCUT2D eigenvalue weighted by atomic mass is 10.4. The van der Waals surface area contributed by atoms with Crippen molar-refractivity contribution in [2.75, 3.05) is 6.54 Å². The zero-order chi connectivity index (χ0) is 15.6. The van der Waals surface area contributed by atoms with E-state index in [0.29, 0.717) is 13.1 Å². The molecule has 0 bridgehead atoms. The Morgan fingerprint density at radius 2 is 2.10 bits per heavy atom. The van der Waals surface area contributed by atoms with Gasteiger partial charge in [0.05, 0.1) is 8.81 Å². The highest BCUT2D eigenvalue weighted by Gasteiger charge is 2.25. The van der Waals surface area contributed by atoms with Crippen LogP contribution in [0.3, 0.4) is 0 Å². The quantitative estimate of drug-likeness (QED) is 0.660. The molecule has 2 aromatic rings. The Kier molecular flexibility index (Phi) is 5.67. The number of pyridine rings is 1. The highest BCUT2D eigenvalue weighted by Crippen LogP contribution is 2.27. The second-order valence-corrected chi connectivity index (χ2v) is 9.33. The molecule has 0 aliphatic heterocycles. The Bertz CT molecular complexity index is 749. The lowest BCUT2D eigenvalue weighted by molar-refractivity contribution is 0.426. The van der Waals surface area contributed by atoms with E-state index in [1.807, 2.05) is 12.1 Å². The normalized spacial score (nSPS) is 12.0. The van der Waals surface area contributed by atoms with E-state index in [1.54, 1.807) is 6.92 Å². The van der Waals surface area contributed by atoms with Gasteiger partial charge in [-0.3, -0.25) is 0 Å². The third kappa shape index (κ3) is 3.97. The van der Waals surface area contributed by atoms with E-state index in [1.165, 1.54) is 27.9 Å². The van der Waals surface area contributed by atoms with Crippen molar-refractivity contribution in [2.45, 2.75) is 18.4 Å². The van der Waals surface area contributed by atoms with Gasteiger partial charge in [-0.05, 0) is 34.1 Å². The van der Waals surface area contributed by atoms with E-state index in [-0.39, 0.29) is 15.1 Å². The van der Waals surface area contributed by atoms with Crippen LogP contribution in [-0.4, -0.2) is 24.3 Å². The van der Waals surface area contributed by atoms with Crippen LogP contribution in [0.4, 0.5) is 0 Å². The second-order valence-electron chi connectivity index (χ2n) is 4.08. The zero-order valence-electron chi connectivity index (χ0n) is 10.9. The molecule has 0 aliphatic carbocycles. The summed E-state index contributed by atoms with van der Waals surface area (Å²) in [4.78, 5) is 4.78. The molecule has 0 aromatic carbocycles. The van der Waals surface area contributed by atoms with Gasteiger partial charge in [-0.25, -0.2) is 13.4 Å². The van der Waals surface area contributed by atoms with Crippen LogP contribution in [-0.2, 0) is 16.6 Å². The molecule has 0 fully saturated rings. The molecule has 0 saturated heterocycles. The van der Waals surface area contributed by atoms with E-state index in [0.717, 1.165) is 8.66 Å². The Labute approximate surface area is 145 Å². The summed E-state index contributed by atoms with van der Waals surface area (Å²) in [5.74, 6) is 0. The summed E-state index contributed by atoms with van der Waals surface area (Å²) in [6.07, 6.45) is 1.22. The smallest absolute Gasteiger partial charge is 0.242 e. The maximum Gasteiger partial charge on any atom is 0.244 e. The maximum atomic E-state index is 12.6. The first-order chi connectivity index (χ1) is 9.84. The van der Waals surface area contributed by atoms with Crippen molar-refractivity contribution >= 4 is 60.5 Å². The van der Waals surface area contributed by atoms with Gasteiger partial charge < -0.3 is 0 Å². The zero-order valence-corrected chi connectivity index (χ0v) is 15.6. The highest BCUT2D eigenvalue weighted by atomic mass is 79.9. The number of sulfonamides is 1. The number of hydrogen-bond acceptors (Lipinski definition) is 4. The molecule has 0 unspecified atom stereocenters. The fraction of sp³-hybridized carbons (Fsp3) is 0.250. The summed E-state index contributed by atoms with van der Waals surface area (Å²) in [5, 5.41) is 0.202. The van der Waals surface area contributed by atoms with Gasteiger partial charge in [0.15, 0.2) is 0 Å². The van der Waals surface area contributed by atoms with Crippen LogP contribution in [0.1, 0.15) is 11.8 Å². The molecule has 0 saturated carbocycles. The molecule has 114 valence electrons. The Morgan fingerprint density at radius 1 is 1.38 bits per heavy atom. The molecule has 2 heterocycles. The molecule has 9 heteroatoms. The van der Waals surface area contributed by atoms with Gasteiger partial charge in [-0.15, -0.1) is 11.3 Å². The van der Waals surface area contributed by atoms with E-state index >= 15 is 0 Å². The lowest BCUT2D eigenvalue weighted by Crippen LogP contribution is -2.30. The number of aromatic nitrogens is 1. The van der Waals surface area contributed by atoms with Crippen molar-refractivity contribution in [2.24, 2.45) is 0 Å². The van der Waals surface area contributed by atoms with E-state index in [4.69, 9.17) is 23.2 Å². The van der Waals surface area contributed by atoms with Crippen molar-refractivity contribution in [1.82, 2.24) is 9.29 Å². The number of rotatable bonds is 5. The first-order valence-corrected chi connectivity index (χ1v) is 9.70. The van der Waals surface area contributed by atoms with Crippen LogP contribution in [0, 0.1) is 0 Å². The minimum absolute atomic E-state index is 0.0365. The first-order valence-electron chi connectivity index (χ1n) is 5.90. The largest absolute Gasteiger partial charge is 0.244 e. The summed E-state index contributed by atoms with van der Waals surface area (Å²) >= 11 is 16.4. The molecule has 2 rings (SSSR count). The summed E-state index contributed by atoms with van der Waals surface area (Å²) < 4.78 is 27.6. The van der Waals surface area contributed by atoms with Gasteiger partial charge in [0, 0.05) is 24.2 Å². The molecule has 2 aromatic heterocycles. The van der Waals surface area contributed by atoms with Crippen LogP contribution >= 0.6 is 50.5 Å².